The number of carbonyl (C=O) groups excluding carboxylic acids is 2. The van der Waals surface area contributed by atoms with Gasteiger partial charge in [0.15, 0.2) is 0 Å². The third kappa shape index (κ3) is 4.11. The molecule has 0 saturated carbocycles. The molecular formula is C25H26N4O2. The lowest BCUT2D eigenvalue weighted by Gasteiger charge is -2.25. The van der Waals surface area contributed by atoms with Gasteiger partial charge < -0.3 is 20.5 Å². The Labute approximate surface area is 181 Å². The third-order valence-corrected chi connectivity index (χ3v) is 6.11. The molecule has 31 heavy (non-hydrogen) atoms. The molecule has 0 spiro atoms. The molecule has 2 aliphatic rings. The Balaban J connectivity index is 1.34. The van der Waals surface area contributed by atoms with Crippen LogP contribution in [0.2, 0.25) is 0 Å². The van der Waals surface area contributed by atoms with Gasteiger partial charge in [0.2, 0.25) is 5.91 Å². The highest BCUT2D eigenvalue weighted by atomic mass is 16.2. The van der Waals surface area contributed by atoms with Gasteiger partial charge in [0, 0.05) is 58.1 Å². The summed E-state index contributed by atoms with van der Waals surface area (Å²) in [5.41, 5.74) is 4.88. The van der Waals surface area contributed by atoms with Crippen molar-refractivity contribution in [3.63, 3.8) is 0 Å². The summed E-state index contributed by atoms with van der Waals surface area (Å²) in [6.07, 6.45) is 8.03. The van der Waals surface area contributed by atoms with Crippen LogP contribution in [0.5, 0.6) is 0 Å². The average Bonchev–Trinajstić information content (AvgIpc) is 3.34. The number of nitrogens with zero attached hydrogens (tertiary/aromatic N) is 1. The standard InChI is InChI=1S/C25H26N4O2/c30-24(10-13-29-11-4-1-5-12-29)27-18-8-9-23-20(15-18)21(25(31)28-23)14-17-16-26-22-7-3-2-6-19(17)22/h2-3,6-9,14-16,26H,1,4-5,10-13H2,(H,27,30)(H,28,31)/b21-14+. The first-order valence-corrected chi connectivity index (χ1v) is 10.9. The molecular weight excluding hydrogens is 388 g/mol. The van der Waals surface area contributed by atoms with Gasteiger partial charge in [0.1, 0.15) is 0 Å². The van der Waals surface area contributed by atoms with Crippen molar-refractivity contribution in [2.24, 2.45) is 0 Å². The van der Waals surface area contributed by atoms with Crippen molar-refractivity contribution in [2.75, 3.05) is 30.3 Å². The number of aromatic amines is 1. The summed E-state index contributed by atoms with van der Waals surface area (Å²) in [7, 11) is 0. The minimum atomic E-state index is -0.131. The number of anilines is 2. The predicted octanol–water partition coefficient (Wildman–Crippen LogP) is 4.48. The summed E-state index contributed by atoms with van der Waals surface area (Å²) < 4.78 is 0. The maximum absolute atomic E-state index is 12.6. The predicted molar refractivity (Wildman–Crippen MR) is 125 cm³/mol. The number of hydrogen-bond acceptors (Lipinski definition) is 3. The van der Waals surface area contributed by atoms with E-state index in [1.54, 1.807) is 0 Å². The Hall–Kier alpha value is -3.38. The number of benzene rings is 2. The second-order valence-corrected chi connectivity index (χ2v) is 8.26. The zero-order chi connectivity index (χ0) is 21.2. The number of H-pyrrole nitrogens is 1. The Morgan fingerprint density at radius 2 is 1.94 bits per heavy atom. The normalized spacial score (nSPS) is 17.7. The van der Waals surface area contributed by atoms with Gasteiger partial charge in [-0.15, -0.1) is 0 Å². The van der Waals surface area contributed by atoms with E-state index in [2.05, 4.69) is 20.5 Å². The quantitative estimate of drug-likeness (QED) is 0.539. The van der Waals surface area contributed by atoms with E-state index >= 15 is 0 Å². The summed E-state index contributed by atoms with van der Waals surface area (Å²) >= 11 is 0. The number of nitrogens with one attached hydrogen (secondary N) is 3. The minimum absolute atomic E-state index is 0.00460. The van der Waals surface area contributed by atoms with Crippen LogP contribution in [-0.2, 0) is 9.59 Å². The molecule has 0 unspecified atom stereocenters. The van der Waals surface area contributed by atoms with Gasteiger partial charge in [-0.2, -0.15) is 0 Å². The molecule has 1 saturated heterocycles. The number of likely N-dealkylation sites (tertiary alicyclic amines) is 1. The highest BCUT2D eigenvalue weighted by Gasteiger charge is 2.25. The lowest BCUT2D eigenvalue weighted by Crippen LogP contribution is -2.32. The number of carbonyl (C=O) groups is 2. The molecule has 3 aromatic rings. The van der Waals surface area contributed by atoms with Crippen molar-refractivity contribution >= 4 is 45.7 Å². The second kappa shape index (κ2) is 8.40. The Kier molecular flexibility index (Phi) is 5.30. The van der Waals surface area contributed by atoms with Crippen molar-refractivity contribution < 1.29 is 9.59 Å². The van der Waals surface area contributed by atoms with Crippen LogP contribution in [0.15, 0.2) is 48.7 Å². The van der Waals surface area contributed by atoms with E-state index in [1.807, 2.05) is 54.7 Å². The van der Waals surface area contributed by atoms with Gasteiger partial charge in [0.25, 0.3) is 5.91 Å². The van der Waals surface area contributed by atoms with Crippen LogP contribution in [0, 0.1) is 0 Å². The van der Waals surface area contributed by atoms with Crippen LogP contribution in [0.3, 0.4) is 0 Å². The van der Waals surface area contributed by atoms with E-state index in [0.29, 0.717) is 17.7 Å². The maximum Gasteiger partial charge on any atom is 0.256 e. The number of amides is 2. The Morgan fingerprint density at radius 3 is 2.81 bits per heavy atom. The van der Waals surface area contributed by atoms with E-state index < -0.39 is 0 Å². The van der Waals surface area contributed by atoms with Crippen molar-refractivity contribution in [1.82, 2.24) is 9.88 Å². The van der Waals surface area contributed by atoms with Crippen molar-refractivity contribution in [1.29, 1.82) is 0 Å². The second-order valence-electron chi connectivity index (χ2n) is 8.26. The van der Waals surface area contributed by atoms with Crippen LogP contribution in [-0.4, -0.2) is 41.3 Å². The molecule has 1 aromatic heterocycles. The Morgan fingerprint density at radius 1 is 1.10 bits per heavy atom. The van der Waals surface area contributed by atoms with Crippen LogP contribution in [0.4, 0.5) is 11.4 Å². The van der Waals surface area contributed by atoms with E-state index in [9.17, 15) is 9.59 Å². The smallest absolute Gasteiger partial charge is 0.256 e. The molecule has 6 nitrogen and oxygen atoms in total. The largest absolute Gasteiger partial charge is 0.361 e. The summed E-state index contributed by atoms with van der Waals surface area (Å²) in [5, 5.41) is 6.98. The van der Waals surface area contributed by atoms with Crippen LogP contribution in [0.1, 0.15) is 36.8 Å². The number of rotatable bonds is 5. The third-order valence-electron chi connectivity index (χ3n) is 6.11. The zero-order valence-corrected chi connectivity index (χ0v) is 17.4. The molecule has 0 radical (unpaired) electrons. The monoisotopic (exact) mass is 414 g/mol. The molecule has 158 valence electrons. The molecule has 6 heteroatoms. The van der Waals surface area contributed by atoms with E-state index in [0.717, 1.165) is 47.4 Å². The highest BCUT2D eigenvalue weighted by molar-refractivity contribution is 6.35. The first kappa shape index (κ1) is 19.6. The highest BCUT2D eigenvalue weighted by Crippen LogP contribution is 2.36. The maximum atomic E-state index is 12.6. The fourth-order valence-corrected chi connectivity index (χ4v) is 4.44. The van der Waals surface area contributed by atoms with Gasteiger partial charge in [-0.3, -0.25) is 9.59 Å². The van der Waals surface area contributed by atoms with Crippen LogP contribution < -0.4 is 10.6 Å². The number of piperidine rings is 1. The molecule has 0 bridgehead atoms. The lowest BCUT2D eigenvalue weighted by atomic mass is 10.0. The fourth-order valence-electron chi connectivity index (χ4n) is 4.44. The molecule has 0 atom stereocenters. The minimum Gasteiger partial charge on any atom is -0.361 e. The number of aromatic nitrogens is 1. The summed E-state index contributed by atoms with van der Waals surface area (Å²) in [4.78, 5) is 30.7. The summed E-state index contributed by atoms with van der Waals surface area (Å²) in [5.74, 6) is -0.126. The van der Waals surface area contributed by atoms with E-state index in [1.165, 1.54) is 19.3 Å². The number of fused-ring (bicyclic) bond motifs is 2. The van der Waals surface area contributed by atoms with Gasteiger partial charge in [0.05, 0.1) is 0 Å². The Bertz CT molecular complexity index is 1170. The SMILES string of the molecule is O=C(CCN1CCCCC1)Nc1ccc2c(c1)/C(=C\c1c[nH]c3ccccc13)C(=O)N2. The van der Waals surface area contributed by atoms with Gasteiger partial charge >= 0.3 is 0 Å². The van der Waals surface area contributed by atoms with E-state index in [4.69, 9.17) is 0 Å². The molecule has 2 aliphatic heterocycles. The van der Waals surface area contributed by atoms with Gasteiger partial charge in [-0.05, 0) is 56.3 Å². The van der Waals surface area contributed by atoms with Gasteiger partial charge in [-0.1, -0.05) is 24.6 Å². The molecule has 2 amide bonds. The first-order valence-electron chi connectivity index (χ1n) is 10.9. The van der Waals surface area contributed by atoms with E-state index in [-0.39, 0.29) is 11.8 Å². The van der Waals surface area contributed by atoms with Gasteiger partial charge in [-0.25, -0.2) is 0 Å². The number of hydrogen-bond donors (Lipinski definition) is 3. The summed E-state index contributed by atoms with van der Waals surface area (Å²) in [6.45, 7) is 2.96. The summed E-state index contributed by atoms with van der Waals surface area (Å²) in [6, 6.07) is 13.6. The molecule has 0 aliphatic carbocycles. The van der Waals surface area contributed by atoms with Crippen molar-refractivity contribution in [3.8, 4) is 0 Å². The first-order chi connectivity index (χ1) is 15.2. The average molecular weight is 415 g/mol. The topological polar surface area (TPSA) is 77.2 Å². The van der Waals surface area contributed by atoms with Crippen LogP contribution >= 0.6 is 0 Å². The molecule has 3 N–H and O–H groups in total. The fraction of sp³-hybridized carbons (Fsp3) is 0.280. The van der Waals surface area contributed by atoms with Crippen molar-refractivity contribution in [2.45, 2.75) is 25.7 Å². The number of para-hydroxylation sites is 1. The molecule has 3 heterocycles. The van der Waals surface area contributed by atoms with Crippen molar-refractivity contribution in [3.05, 3.63) is 59.8 Å². The lowest BCUT2D eigenvalue weighted by molar-refractivity contribution is -0.116. The molecule has 2 aromatic carbocycles. The van der Waals surface area contributed by atoms with Crippen LogP contribution in [0.25, 0.3) is 22.6 Å². The molecule has 1 fully saturated rings. The zero-order valence-electron chi connectivity index (χ0n) is 17.4. The molecule has 5 rings (SSSR count).